The predicted octanol–water partition coefficient (Wildman–Crippen LogP) is 0.796. The molecule has 1 aliphatic carbocycles. The number of aliphatic hydroxyl groups is 1. The van der Waals surface area contributed by atoms with Crippen molar-refractivity contribution in [3.63, 3.8) is 0 Å². The van der Waals surface area contributed by atoms with Crippen LogP contribution < -0.4 is 5.32 Å². The lowest BCUT2D eigenvalue weighted by atomic mass is 10.4. The zero-order chi connectivity index (χ0) is 11.7. The first kappa shape index (κ1) is 10.5. The minimum atomic E-state index is 0.177. The van der Waals surface area contributed by atoms with Gasteiger partial charge in [0.05, 0.1) is 0 Å². The molecule has 0 atom stereocenters. The van der Waals surface area contributed by atoms with Gasteiger partial charge in [0, 0.05) is 31.5 Å². The van der Waals surface area contributed by atoms with E-state index in [2.05, 4.69) is 20.5 Å². The predicted molar refractivity (Wildman–Crippen MR) is 62.9 cm³/mol. The molecule has 2 N–H and O–H groups in total. The van der Waals surface area contributed by atoms with Gasteiger partial charge < -0.3 is 10.4 Å². The molecule has 90 valence electrons. The number of nitrogens with zero attached hydrogens (tertiary/aromatic N) is 4. The topological polar surface area (TPSA) is 75.3 Å². The van der Waals surface area contributed by atoms with Gasteiger partial charge in [0.2, 0.25) is 5.65 Å². The molecule has 3 rings (SSSR count). The summed E-state index contributed by atoms with van der Waals surface area (Å²) < 4.78 is 2.01. The Hall–Kier alpha value is -1.69. The summed E-state index contributed by atoms with van der Waals surface area (Å²) >= 11 is 0. The second kappa shape index (κ2) is 4.29. The van der Waals surface area contributed by atoms with E-state index in [0.29, 0.717) is 18.9 Å². The van der Waals surface area contributed by atoms with Gasteiger partial charge in [-0.05, 0) is 19.3 Å². The third-order valence-corrected chi connectivity index (χ3v) is 2.92. The summed E-state index contributed by atoms with van der Waals surface area (Å²) in [7, 11) is 0. The standard InChI is InChI=1S/C11H15N5O/c17-7-1-4-12-9-11-15-14-10(8-2-3-8)16(11)6-5-13-9/h5-6,8,17H,1-4,7H2,(H,12,13). The van der Waals surface area contributed by atoms with Crippen LogP contribution in [0, 0.1) is 0 Å². The molecule has 0 aliphatic heterocycles. The molecular weight excluding hydrogens is 218 g/mol. The summed E-state index contributed by atoms with van der Waals surface area (Å²) in [5.74, 6) is 2.34. The van der Waals surface area contributed by atoms with Gasteiger partial charge in [-0.1, -0.05) is 0 Å². The van der Waals surface area contributed by atoms with Crippen molar-refractivity contribution in [2.45, 2.75) is 25.2 Å². The SMILES string of the molecule is OCCCNc1nccn2c(C3CC3)nnc12. The Kier molecular flexibility index (Phi) is 2.64. The van der Waals surface area contributed by atoms with Gasteiger partial charge in [-0.25, -0.2) is 4.98 Å². The fraction of sp³-hybridized carbons (Fsp3) is 0.545. The Bertz CT molecular complexity index is 520. The van der Waals surface area contributed by atoms with E-state index in [4.69, 9.17) is 5.11 Å². The zero-order valence-electron chi connectivity index (χ0n) is 9.50. The lowest BCUT2D eigenvalue weighted by Crippen LogP contribution is -2.07. The van der Waals surface area contributed by atoms with Crippen LogP contribution in [0.15, 0.2) is 12.4 Å². The Morgan fingerprint density at radius 3 is 3.06 bits per heavy atom. The van der Waals surface area contributed by atoms with Gasteiger partial charge in [0.15, 0.2) is 5.82 Å². The number of rotatable bonds is 5. The molecule has 2 heterocycles. The maximum absolute atomic E-state index is 8.75. The minimum absolute atomic E-state index is 0.177. The summed E-state index contributed by atoms with van der Waals surface area (Å²) in [4.78, 5) is 4.26. The Balaban J connectivity index is 1.90. The molecule has 0 saturated heterocycles. The highest BCUT2D eigenvalue weighted by Gasteiger charge is 2.29. The van der Waals surface area contributed by atoms with E-state index < -0.39 is 0 Å². The summed E-state index contributed by atoms with van der Waals surface area (Å²) in [5, 5.41) is 20.3. The molecular formula is C11H15N5O. The number of fused-ring (bicyclic) bond motifs is 1. The van der Waals surface area contributed by atoms with E-state index in [-0.39, 0.29) is 6.61 Å². The lowest BCUT2D eigenvalue weighted by Gasteiger charge is -2.05. The van der Waals surface area contributed by atoms with Crippen molar-refractivity contribution in [2.75, 3.05) is 18.5 Å². The molecule has 0 bridgehead atoms. The first-order chi connectivity index (χ1) is 8.40. The van der Waals surface area contributed by atoms with Crippen LogP contribution in [0.5, 0.6) is 0 Å². The van der Waals surface area contributed by atoms with Crippen molar-refractivity contribution in [1.29, 1.82) is 0 Å². The van der Waals surface area contributed by atoms with Crippen LogP contribution in [0.1, 0.15) is 31.0 Å². The average molecular weight is 233 g/mol. The molecule has 17 heavy (non-hydrogen) atoms. The molecule has 2 aromatic rings. The number of hydrogen-bond acceptors (Lipinski definition) is 5. The van der Waals surface area contributed by atoms with Crippen molar-refractivity contribution in [3.8, 4) is 0 Å². The molecule has 6 nitrogen and oxygen atoms in total. The van der Waals surface area contributed by atoms with Crippen LogP contribution >= 0.6 is 0 Å². The van der Waals surface area contributed by atoms with E-state index in [1.807, 2.05) is 10.6 Å². The van der Waals surface area contributed by atoms with Gasteiger partial charge >= 0.3 is 0 Å². The van der Waals surface area contributed by atoms with E-state index in [1.54, 1.807) is 6.20 Å². The van der Waals surface area contributed by atoms with Crippen LogP contribution in [0.4, 0.5) is 5.82 Å². The number of nitrogens with one attached hydrogen (secondary N) is 1. The third-order valence-electron chi connectivity index (χ3n) is 2.92. The molecule has 1 saturated carbocycles. The summed E-state index contributed by atoms with van der Waals surface area (Å²) in [6.45, 7) is 0.866. The number of aliphatic hydroxyl groups excluding tert-OH is 1. The second-order valence-electron chi connectivity index (χ2n) is 4.31. The normalized spacial score (nSPS) is 15.4. The fourth-order valence-corrected chi connectivity index (χ4v) is 1.87. The van der Waals surface area contributed by atoms with Crippen LogP contribution in [0.3, 0.4) is 0 Å². The number of hydrogen-bond donors (Lipinski definition) is 2. The molecule has 0 aromatic carbocycles. The summed E-state index contributed by atoms with van der Waals surface area (Å²) in [6.07, 6.45) is 6.77. The van der Waals surface area contributed by atoms with E-state index in [0.717, 1.165) is 17.3 Å². The van der Waals surface area contributed by atoms with Gasteiger partial charge in [0.1, 0.15) is 5.82 Å². The maximum Gasteiger partial charge on any atom is 0.203 e. The minimum Gasteiger partial charge on any atom is -0.396 e. The Morgan fingerprint density at radius 1 is 1.41 bits per heavy atom. The van der Waals surface area contributed by atoms with Gasteiger partial charge in [-0.3, -0.25) is 4.40 Å². The van der Waals surface area contributed by atoms with Crippen molar-refractivity contribution in [3.05, 3.63) is 18.2 Å². The first-order valence-electron chi connectivity index (χ1n) is 5.94. The fourth-order valence-electron chi connectivity index (χ4n) is 1.87. The summed E-state index contributed by atoms with van der Waals surface area (Å²) in [5.41, 5.74) is 0.771. The van der Waals surface area contributed by atoms with Crippen LogP contribution in [0.2, 0.25) is 0 Å². The van der Waals surface area contributed by atoms with Crippen molar-refractivity contribution < 1.29 is 5.11 Å². The van der Waals surface area contributed by atoms with E-state index >= 15 is 0 Å². The van der Waals surface area contributed by atoms with Gasteiger partial charge in [-0.2, -0.15) is 0 Å². The van der Waals surface area contributed by atoms with Crippen molar-refractivity contribution in [2.24, 2.45) is 0 Å². The Labute approximate surface area is 98.7 Å². The van der Waals surface area contributed by atoms with Crippen molar-refractivity contribution >= 4 is 11.5 Å². The third kappa shape index (κ3) is 1.95. The van der Waals surface area contributed by atoms with Gasteiger partial charge in [0.25, 0.3) is 0 Å². The highest BCUT2D eigenvalue weighted by atomic mass is 16.3. The smallest absolute Gasteiger partial charge is 0.203 e. The average Bonchev–Trinajstić information content (AvgIpc) is 3.10. The van der Waals surface area contributed by atoms with Crippen molar-refractivity contribution in [1.82, 2.24) is 19.6 Å². The molecule has 0 radical (unpaired) electrons. The highest BCUT2D eigenvalue weighted by Crippen LogP contribution is 2.39. The number of aromatic nitrogens is 4. The first-order valence-corrected chi connectivity index (χ1v) is 5.94. The van der Waals surface area contributed by atoms with Crippen LogP contribution in [-0.2, 0) is 0 Å². The molecule has 0 spiro atoms. The van der Waals surface area contributed by atoms with Gasteiger partial charge in [-0.15, -0.1) is 10.2 Å². The summed E-state index contributed by atoms with van der Waals surface area (Å²) in [6, 6.07) is 0. The highest BCUT2D eigenvalue weighted by molar-refractivity contribution is 5.62. The van der Waals surface area contributed by atoms with Crippen LogP contribution in [0.25, 0.3) is 5.65 Å². The molecule has 0 unspecified atom stereocenters. The second-order valence-corrected chi connectivity index (χ2v) is 4.31. The monoisotopic (exact) mass is 233 g/mol. The zero-order valence-corrected chi connectivity index (χ0v) is 9.50. The van der Waals surface area contributed by atoms with Crippen LogP contribution in [-0.4, -0.2) is 37.8 Å². The van der Waals surface area contributed by atoms with E-state index in [1.165, 1.54) is 12.8 Å². The van der Waals surface area contributed by atoms with E-state index in [9.17, 15) is 0 Å². The molecule has 2 aromatic heterocycles. The molecule has 0 amide bonds. The maximum atomic E-state index is 8.75. The molecule has 6 heteroatoms. The molecule has 1 aliphatic rings. The quantitative estimate of drug-likeness (QED) is 0.747. The largest absolute Gasteiger partial charge is 0.396 e. The number of anilines is 1. The molecule has 1 fully saturated rings. The Morgan fingerprint density at radius 2 is 2.29 bits per heavy atom. The lowest BCUT2D eigenvalue weighted by molar-refractivity contribution is 0.292.